The third-order valence-corrected chi connectivity index (χ3v) is 3.52. The molecule has 112 valence electrons. The summed E-state index contributed by atoms with van der Waals surface area (Å²) in [6, 6.07) is 0. The van der Waals surface area contributed by atoms with Crippen molar-refractivity contribution >= 4 is 22.0 Å². The van der Waals surface area contributed by atoms with E-state index < -0.39 is 33.6 Å². The van der Waals surface area contributed by atoms with E-state index in [1.165, 1.54) is 0 Å². The summed E-state index contributed by atoms with van der Waals surface area (Å²) in [6.07, 6.45) is 0.322. The number of hydrogen-bond donors (Lipinski definition) is 2. The number of carboxylic acid groups (broad SMARTS) is 1. The van der Waals surface area contributed by atoms with Gasteiger partial charge < -0.3 is 9.84 Å². The second-order valence-corrected chi connectivity index (χ2v) is 7.29. The molecular weight excluding hydrogens is 274 g/mol. The number of carbonyl (C=O) groups excluding carboxylic acids is 1. The van der Waals surface area contributed by atoms with Crippen LogP contribution in [0.3, 0.4) is 0 Å². The van der Waals surface area contributed by atoms with Crippen molar-refractivity contribution in [2.75, 3.05) is 19.4 Å². The van der Waals surface area contributed by atoms with Gasteiger partial charge in [-0.05, 0) is 11.8 Å². The normalized spacial score (nSPS) is 13.9. The van der Waals surface area contributed by atoms with Gasteiger partial charge in [0.25, 0.3) is 0 Å². The number of rotatable bonds is 7. The van der Waals surface area contributed by atoms with Crippen LogP contribution in [0, 0.1) is 11.3 Å². The first kappa shape index (κ1) is 17.8. The smallest absolute Gasteiger partial charge is 0.322 e. The van der Waals surface area contributed by atoms with Crippen molar-refractivity contribution in [1.82, 2.24) is 4.72 Å². The standard InChI is InChI=1S/C11H21NO6S/c1-11(2,3)5-8(10(14)15)6-12-19(16,17)7-9(13)18-4/h8,12H,5-7H2,1-4H3,(H,14,15). The highest BCUT2D eigenvalue weighted by molar-refractivity contribution is 7.90. The average molecular weight is 295 g/mol. The van der Waals surface area contributed by atoms with E-state index in [4.69, 9.17) is 5.11 Å². The summed E-state index contributed by atoms with van der Waals surface area (Å²) in [6.45, 7) is 5.36. The van der Waals surface area contributed by atoms with Crippen LogP contribution in [-0.4, -0.2) is 44.9 Å². The van der Waals surface area contributed by atoms with Gasteiger partial charge in [-0.15, -0.1) is 0 Å². The molecule has 0 aliphatic carbocycles. The van der Waals surface area contributed by atoms with Crippen LogP contribution >= 0.6 is 0 Å². The van der Waals surface area contributed by atoms with Crippen molar-refractivity contribution in [1.29, 1.82) is 0 Å². The molecule has 0 bridgehead atoms. The van der Waals surface area contributed by atoms with Gasteiger partial charge in [0, 0.05) is 6.54 Å². The molecule has 0 aromatic carbocycles. The lowest BCUT2D eigenvalue weighted by atomic mass is 9.85. The minimum absolute atomic E-state index is 0.239. The van der Waals surface area contributed by atoms with Gasteiger partial charge >= 0.3 is 11.9 Å². The van der Waals surface area contributed by atoms with E-state index in [0.29, 0.717) is 6.42 Å². The van der Waals surface area contributed by atoms with Crippen LogP contribution < -0.4 is 4.72 Å². The largest absolute Gasteiger partial charge is 0.481 e. The summed E-state index contributed by atoms with van der Waals surface area (Å²) in [5.74, 6) is -3.62. The molecule has 0 aliphatic heterocycles. The number of aliphatic carboxylic acids is 1. The lowest BCUT2D eigenvalue weighted by Crippen LogP contribution is -2.37. The predicted molar refractivity (Wildman–Crippen MR) is 69.0 cm³/mol. The van der Waals surface area contributed by atoms with Crippen LogP contribution in [0.4, 0.5) is 0 Å². The molecule has 1 atom stereocenters. The molecule has 0 aromatic rings. The van der Waals surface area contributed by atoms with Crippen LogP contribution in [0.5, 0.6) is 0 Å². The Hall–Kier alpha value is -1.15. The third-order valence-electron chi connectivity index (χ3n) is 2.29. The molecule has 1 unspecified atom stereocenters. The van der Waals surface area contributed by atoms with Gasteiger partial charge in [-0.25, -0.2) is 13.1 Å². The molecule has 7 nitrogen and oxygen atoms in total. The molecule has 8 heteroatoms. The van der Waals surface area contributed by atoms with E-state index in [0.717, 1.165) is 7.11 Å². The molecular formula is C11H21NO6S. The maximum atomic E-state index is 11.5. The summed E-state index contributed by atoms with van der Waals surface area (Å²) in [5, 5.41) is 9.04. The summed E-state index contributed by atoms with van der Waals surface area (Å²) < 4.78 is 29.3. The number of esters is 1. The topological polar surface area (TPSA) is 110 Å². The molecule has 0 spiro atoms. The zero-order valence-electron chi connectivity index (χ0n) is 11.6. The summed E-state index contributed by atoms with van der Waals surface area (Å²) in [5.41, 5.74) is -0.239. The molecule has 0 rings (SSSR count). The highest BCUT2D eigenvalue weighted by Gasteiger charge is 2.26. The van der Waals surface area contributed by atoms with E-state index in [9.17, 15) is 18.0 Å². The summed E-state index contributed by atoms with van der Waals surface area (Å²) in [4.78, 5) is 21.9. The number of carboxylic acids is 1. The van der Waals surface area contributed by atoms with E-state index in [-0.39, 0.29) is 12.0 Å². The van der Waals surface area contributed by atoms with Crippen molar-refractivity contribution < 1.29 is 27.9 Å². The number of sulfonamides is 1. The number of ether oxygens (including phenoxy) is 1. The molecule has 0 saturated carbocycles. The first-order chi connectivity index (χ1) is 8.47. The Balaban J connectivity index is 4.56. The number of methoxy groups -OCH3 is 1. The molecule has 0 radical (unpaired) electrons. The lowest BCUT2D eigenvalue weighted by molar-refractivity contribution is -0.142. The van der Waals surface area contributed by atoms with E-state index in [2.05, 4.69) is 9.46 Å². The monoisotopic (exact) mass is 295 g/mol. The molecule has 0 aliphatic rings. The Morgan fingerprint density at radius 3 is 2.21 bits per heavy atom. The predicted octanol–water partition coefficient (Wildman–Crippen LogP) is 0.216. The fraction of sp³-hybridized carbons (Fsp3) is 0.818. The Morgan fingerprint density at radius 2 is 1.84 bits per heavy atom. The average Bonchev–Trinajstić information content (AvgIpc) is 2.21. The first-order valence-electron chi connectivity index (χ1n) is 5.74. The van der Waals surface area contributed by atoms with Crippen LogP contribution in [-0.2, 0) is 24.3 Å². The first-order valence-corrected chi connectivity index (χ1v) is 7.39. The molecule has 19 heavy (non-hydrogen) atoms. The van der Waals surface area contributed by atoms with Crippen LogP contribution in [0.2, 0.25) is 0 Å². The Labute approximate surface area is 113 Å². The van der Waals surface area contributed by atoms with Crippen molar-refractivity contribution in [2.24, 2.45) is 11.3 Å². The molecule has 2 N–H and O–H groups in total. The second kappa shape index (κ2) is 6.85. The zero-order valence-corrected chi connectivity index (χ0v) is 12.4. The van der Waals surface area contributed by atoms with E-state index in [1.807, 2.05) is 20.8 Å². The maximum absolute atomic E-state index is 11.5. The fourth-order valence-electron chi connectivity index (χ4n) is 1.48. The second-order valence-electron chi connectivity index (χ2n) is 5.48. The summed E-state index contributed by atoms with van der Waals surface area (Å²) >= 11 is 0. The highest BCUT2D eigenvalue weighted by atomic mass is 32.2. The highest BCUT2D eigenvalue weighted by Crippen LogP contribution is 2.24. The van der Waals surface area contributed by atoms with Crippen molar-refractivity contribution in [3.63, 3.8) is 0 Å². The Kier molecular flexibility index (Phi) is 6.44. The zero-order chi connectivity index (χ0) is 15.3. The maximum Gasteiger partial charge on any atom is 0.322 e. The SMILES string of the molecule is COC(=O)CS(=O)(=O)NCC(CC(C)(C)C)C(=O)O. The van der Waals surface area contributed by atoms with Gasteiger partial charge in [0.1, 0.15) is 0 Å². The molecule has 0 fully saturated rings. The quantitative estimate of drug-likeness (QED) is 0.650. The van der Waals surface area contributed by atoms with Crippen LogP contribution in [0.25, 0.3) is 0 Å². The van der Waals surface area contributed by atoms with Gasteiger partial charge in [-0.2, -0.15) is 0 Å². The molecule has 0 aromatic heterocycles. The van der Waals surface area contributed by atoms with Gasteiger partial charge in [-0.1, -0.05) is 20.8 Å². The van der Waals surface area contributed by atoms with E-state index >= 15 is 0 Å². The van der Waals surface area contributed by atoms with Crippen molar-refractivity contribution in [3.05, 3.63) is 0 Å². The fourth-order valence-corrected chi connectivity index (χ4v) is 2.46. The summed E-state index contributed by atoms with van der Waals surface area (Å²) in [7, 11) is -2.78. The van der Waals surface area contributed by atoms with Crippen LogP contribution in [0.1, 0.15) is 27.2 Å². The molecule has 0 amide bonds. The van der Waals surface area contributed by atoms with Gasteiger partial charge in [0.05, 0.1) is 13.0 Å². The lowest BCUT2D eigenvalue weighted by Gasteiger charge is -2.23. The van der Waals surface area contributed by atoms with Crippen molar-refractivity contribution in [2.45, 2.75) is 27.2 Å². The number of hydrogen-bond acceptors (Lipinski definition) is 5. The third kappa shape index (κ3) is 8.55. The minimum atomic E-state index is -3.86. The van der Waals surface area contributed by atoms with Crippen molar-refractivity contribution in [3.8, 4) is 0 Å². The Morgan fingerprint density at radius 1 is 1.32 bits per heavy atom. The number of carbonyl (C=O) groups is 2. The van der Waals surface area contributed by atoms with E-state index in [1.54, 1.807) is 0 Å². The van der Waals surface area contributed by atoms with Gasteiger partial charge in [0.15, 0.2) is 5.75 Å². The number of nitrogens with one attached hydrogen (secondary N) is 1. The Bertz CT molecular complexity index is 423. The minimum Gasteiger partial charge on any atom is -0.481 e. The molecule has 0 saturated heterocycles. The molecule has 0 heterocycles. The van der Waals surface area contributed by atoms with Gasteiger partial charge in [-0.3, -0.25) is 9.59 Å². The van der Waals surface area contributed by atoms with Crippen LogP contribution in [0.15, 0.2) is 0 Å². The van der Waals surface area contributed by atoms with Gasteiger partial charge in [0.2, 0.25) is 10.0 Å².